The minimum atomic E-state index is -0.279. The van der Waals surface area contributed by atoms with Gasteiger partial charge in [0.05, 0.1) is 11.6 Å². The van der Waals surface area contributed by atoms with Crippen LogP contribution >= 0.6 is 0 Å². The summed E-state index contributed by atoms with van der Waals surface area (Å²) in [4.78, 5) is 19.9. The molecular weight excluding hydrogens is 262 g/mol. The van der Waals surface area contributed by atoms with Gasteiger partial charge in [-0.1, -0.05) is 0 Å². The summed E-state index contributed by atoms with van der Waals surface area (Å²) in [5.41, 5.74) is 3.17. The second-order valence-corrected chi connectivity index (χ2v) is 3.87. The van der Waals surface area contributed by atoms with Crippen molar-refractivity contribution in [3.05, 3.63) is 24.2 Å². The molecule has 3 heterocycles. The molecule has 0 radical (unpaired) electrons. The third-order valence-electron chi connectivity index (χ3n) is 2.68. The first-order valence-corrected chi connectivity index (χ1v) is 5.69. The summed E-state index contributed by atoms with van der Waals surface area (Å²) < 4.78 is 1.46. The summed E-state index contributed by atoms with van der Waals surface area (Å²) in [5, 5.41) is 14.0. The van der Waals surface area contributed by atoms with Crippen molar-refractivity contribution < 1.29 is 4.79 Å². The number of nitrogen functional groups attached to an aromatic ring is 1. The molecular formula is C10H11N9O. The number of hydrogen-bond donors (Lipinski definition) is 4. The molecule has 0 aliphatic heterocycles. The van der Waals surface area contributed by atoms with E-state index in [1.807, 2.05) is 0 Å². The zero-order chi connectivity index (χ0) is 14.1. The van der Waals surface area contributed by atoms with Crippen molar-refractivity contribution in [2.24, 2.45) is 5.84 Å². The molecule has 1 amide bonds. The summed E-state index contributed by atoms with van der Waals surface area (Å²) in [7, 11) is 1.54. The summed E-state index contributed by atoms with van der Waals surface area (Å²) in [6.45, 7) is 0. The van der Waals surface area contributed by atoms with Crippen LogP contribution in [0.3, 0.4) is 0 Å². The molecule has 20 heavy (non-hydrogen) atoms. The minimum Gasteiger partial charge on any atom is -0.354 e. The highest BCUT2D eigenvalue weighted by Crippen LogP contribution is 2.18. The van der Waals surface area contributed by atoms with E-state index in [9.17, 15) is 4.79 Å². The van der Waals surface area contributed by atoms with E-state index in [4.69, 9.17) is 5.84 Å². The maximum absolute atomic E-state index is 11.5. The van der Waals surface area contributed by atoms with Gasteiger partial charge in [-0.25, -0.2) is 10.5 Å². The molecule has 0 aliphatic carbocycles. The van der Waals surface area contributed by atoms with E-state index < -0.39 is 0 Å². The number of carbonyl (C=O) groups is 1. The van der Waals surface area contributed by atoms with Crippen LogP contribution in [0.1, 0.15) is 10.5 Å². The van der Waals surface area contributed by atoms with Crippen LogP contribution < -0.4 is 16.6 Å². The van der Waals surface area contributed by atoms with Crippen LogP contribution in [0, 0.1) is 0 Å². The molecule has 0 saturated carbocycles. The Morgan fingerprint density at radius 3 is 3.05 bits per heavy atom. The van der Waals surface area contributed by atoms with E-state index in [1.54, 1.807) is 18.5 Å². The topological polar surface area (TPSA) is 139 Å². The predicted octanol–water partition coefficient (Wildman–Crippen LogP) is -0.816. The summed E-state index contributed by atoms with van der Waals surface area (Å²) in [6.07, 6.45) is 3.20. The van der Waals surface area contributed by atoms with Gasteiger partial charge in [0.1, 0.15) is 0 Å². The van der Waals surface area contributed by atoms with Crippen molar-refractivity contribution in [3.63, 3.8) is 0 Å². The minimum absolute atomic E-state index is 0.216. The average Bonchev–Trinajstić information content (AvgIpc) is 3.13. The summed E-state index contributed by atoms with van der Waals surface area (Å²) in [5.74, 6) is 5.73. The van der Waals surface area contributed by atoms with Gasteiger partial charge in [-0.3, -0.25) is 15.3 Å². The summed E-state index contributed by atoms with van der Waals surface area (Å²) >= 11 is 0. The van der Waals surface area contributed by atoms with Gasteiger partial charge in [-0.2, -0.15) is 20.2 Å². The van der Waals surface area contributed by atoms with Crippen molar-refractivity contribution >= 4 is 22.9 Å². The van der Waals surface area contributed by atoms with Crippen LogP contribution in [0.4, 0.5) is 5.95 Å². The molecule has 3 aromatic rings. The molecule has 0 spiro atoms. The first-order chi connectivity index (χ1) is 9.72. The highest BCUT2D eigenvalue weighted by molar-refractivity contribution is 5.92. The molecule has 5 N–H and O–H groups in total. The van der Waals surface area contributed by atoms with Crippen LogP contribution in [0.2, 0.25) is 0 Å². The molecule has 102 valence electrons. The summed E-state index contributed by atoms with van der Waals surface area (Å²) in [6, 6.07) is 1.59. The smallest absolute Gasteiger partial charge is 0.271 e. The van der Waals surface area contributed by atoms with Crippen LogP contribution in [0.25, 0.3) is 16.9 Å². The molecule has 0 aromatic carbocycles. The van der Waals surface area contributed by atoms with Gasteiger partial charge in [-0.05, 0) is 6.07 Å². The number of nitrogens with zero attached hydrogens (tertiary/aromatic N) is 5. The van der Waals surface area contributed by atoms with Crippen molar-refractivity contribution in [2.75, 3.05) is 12.5 Å². The van der Waals surface area contributed by atoms with Crippen LogP contribution in [-0.2, 0) is 0 Å². The number of carbonyl (C=O) groups excluding carboxylic acids is 1. The van der Waals surface area contributed by atoms with Crippen molar-refractivity contribution in [1.29, 1.82) is 0 Å². The Hall–Kier alpha value is -3.01. The van der Waals surface area contributed by atoms with Crippen molar-refractivity contribution in [1.82, 2.24) is 35.3 Å². The van der Waals surface area contributed by atoms with E-state index in [-0.39, 0.29) is 17.5 Å². The SMILES string of the molecule is CNC(=O)c1ccn(-c2nc(NN)nc3[nH]ncc23)n1. The number of nitrogens with two attached hydrogens (primary N) is 1. The average molecular weight is 273 g/mol. The number of aromatic amines is 1. The Bertz CT molecular complexity index is 774. The standard InChI is InChI=1S/C10H11N9O/c1-12-9(20)6-2-3-19(18-6)8-5-4-13-17-7(5)14-10(15-8)16-11/h2-4H,11H2,1H3,(H,12,20)(H2,13,14,15,16,17). The molecule has 0 saturated heterocycles. The zero-order valence-electron chi connectivity index (χ0n) is 10.5. The molecule has 0 aliphatic rings. The van der Waals surface area contributed by atoms with Crippen LogP contribution in [-0.4, -0.2) is 42.9 Å². The molecule has 0 fully saturated rings. The predicted molar refractivity (Wildman–Crippen MR) is 70.0 cm³/mol. The maximum atomic E-state index is 11.5. The Morgan fingerprint density at radius 2 is 2.30 bits per heavy atom. The molecule has 10 nitrogen and oxygen atoms in total. The number of hydrazine groups is 1. The van der Waals surface area contributed by atoms with Gasteiger partial charge in [0.25, 0.3) is 5.91 Å². The number of rotatable bonds is 3. The Balaban J connectivity index is 2.15. The molecule has 0 atom stereocenters. The van der Waals surface area contributed by atoms with Crippen molar-refractivity contribution in [3.8, 4) is 5.82 Å². The lowest BCUT2D eigenvalue weighted by molar-refractivity contribution is 0.0957. The first-order valence-electron chi connectivity index (χ1n) is 5.69. The zero-order valence-corrected chi connectivity index (χ0v) is 10.5. The normalized spacial score (nSPS) is 10.7. The quantitative estimate of drug-likeness (QED) is 0.361. The Labute approximate surface area is 112 Å². The van der Waals surface area contributed by atoms with Gasteiger partial charge < -0.3 is 5.32 Å². The monoisotopic (exact) mass is 273 g/mol. The van der Waals surface area contributed by atoms with E-state index in [1.165, 1.54) is 11.7 Å². The van der Waals surface area contributed by atoms with E-state index >= 15 is 0 Å². The van der Waals surface area contributed by atoms with Gasteiger partial charge in [0.2, 0.25) is 5.95 Å². The first kappa shape index (κ1) is 12.0. The van der Waals surface area contributed by atoms with E-state index in [2.05, 4.69) is 36.0 Å². The van der Waals surface area contributed by atoms with E-state index in [0.29, 0.717) is 16.9 Å². The number of aromatic nitrogens is 6. The second-order valence-electron chi connectivity index (χ2n) is 3.87. The fourth-order valence-electron chi connectivity index (χ4n) is 1.75. The third kappa shape index (κ3) is 1.83. The third-order valence-corrected chi connectivity index (χ3v) is 2.68. The molecule has 10 heteroatoms. The van der Waals surface area contributed by atoms with Gasteiger partial charge in [0, 0.05) is 13.2 Å². The lowest BCUT2D eigenvalue weighted by Crippen LogP contribution is -2.18. The number of fused-ring (bicyclic) bond motifs is 1. The highest BCUT2D eigenvalue weighted by atomic mass is 16.1. The van der Waals surface area contributed by atoms with Crippen molar-refractivity contribution in [2.45, 2.75) is 0 Å². The number of anilines is 1. The lowest BCUT2D eigenvalue weighted by atomic mass is 10.4. The fraction of sp³-hybridized carbons (Fsp3) is 0.100. The highest BCUT2D eigenvalue weighted by Gasteiger charge is 2.14. The maximum Gasteiger partial charge on any atom is 0.271 e. The second kappa shape index (κ2) is 4.59. The van der Waals surface area contributed by atoms with E-state index in [0.717, 1.165) is 0 Å². The Morgan fingerprint density at radius 1 is 1.45 bits per heavy atom. The molecule has 0 unspecified atom stereocenters. The Kier molecular flexibility index (Phi) is 2.76. The molecule has 0 bridgehead atoms. The largest absolute Gasteiger partial charge is 0.354 e. The van der Waals surface area contributed by atoms with Crippen LogP contribution in [0.5, 0.6) is 0 Å². The van der Waals surface area contributed by atoms with Gasteiger partial charge in [-0.15, -0.1) is 0 Å². The number of nitrogens with one attached hydrogen (secondary N) is 3. The lowest BCUT2D eigenvalue weighted by Gasteiger charge is -2.04. The van der Waals surface area contributed by atoms with Crippen LogP contribution in [0.15, 0.2) is 18.5 Å². The number of amides is 1. The van der Waals surface area contributed by atoms with Gasteiger partial charge >= 0.3 is 0 Å². The number of hydrogen-bond acceptors (Lipinski definition) is 7. The van der Waals surface area contributed by atoms with Gasteiger partial charge in [0.15, 0.2) is 17.2 Å². The fourth-order valence-corrected chi connectivity index (χ4v) is 1.75. The number of H-pyrrole nitrogens is 1. The molecule has 3 aromatic heterocycles. The molecule has 3 rings (SSSR count).